The lowest BCUT2D eigenvalue weighted by Crippen LogP contribution is -2.39. The fourth-order valence-corrected chi connectivity index (χ4v) is 2.18. The summed E-state index contributed by atoms with van der Waals surface area (Å²) in [5.41, 5.74) is 0.839. The summed E-state index contributed by atoms with van der Waals surface area (Å²) in [7, 11) is 0. The molecule has 3 N–H and O–H groups in total. The van der Waals surface area contributed by atoms with E-state index in [1.54, 1.807) is 12.1 Å². The van der Waals surface area contributed by atoms with E-state index < -0.39 is 5.97 Å². The smallest absolute Gasteiger partial charge is 0.335 e. The number of hydrogen-bond donors (Lipinski definition) is 3. The predicted octanol–water partition coefficient (Wildman–Crippen LogP) is 1.86. The van der Waals surface area contributed by atoms with Gasteiger partial charge >= 0.3 is 5.97 Å². The summed E-state index contributed by atoms with van der Waals surface area (Å²) in [6.45, 7) is 0.871. The molecule has 0 aromatic heterocycles. The van der Waals surface area contributed by atoms with E-state index in [0.717, 1.165) is 32.2 Å². The van der Waals surface area contributed by atoms with Gasteiger partial charge in [-0.25, -0.2) is 4.79 Å². The van der Waals surface area contributed by atoms with Gasteiger partial charge in [0.1, 0.15) is 0 Å². The summed E-state index contributed by atoms with van der Waals surface area (Å²) in [6.07, 6.45) is 4.17. The average Bonchev–Trinajstić information content (AvgIpc) is 2.68. The summed E-state index contributed by atoms with van der Waals surface area (Å²) in [5, 5.41) is 14.8. The number of nitrogens with one attached hydrogen (secondary N) is 2. The second kappa shape index (κ2) is 6.33. The second-order valence-electron chi connectivity index (χ2n) is 4.73. The molecule has 19 heavy (non-hydrogen) atoms. The van der Waals surface area contributed by atoms with Crippen LogP contribution in [-0.4, -0.2) is 29.6 Å². The van der Waals surface area contributed by atoms with Crippen LogP contribution in [0.4, 0.5) is 5.69 Å². The fourth-order valence-electron chi connectivity index (χ4n) is 2.18. The first kappa shape index (κ1) is 13.5. The Labute approximate surface area is 112 Å². The molecule has 0 aliphatic carbocycles. The Balaban J connectivity index is 1.95. The van der Waals surface area contributed by atoms with Crippen LogP contribution < -0.4 is 10.6 Å². The molecule has 1 heterocycles. The third-order valence-electron chi connectivity index (χ3n) is 3.28. The van der Waals surface area contributed by atoms with Gasteiger partial charge in [-0.3, -0.25) is 4.79 Å². The zero-order valence-corrected chi connectivity index (χ0v) is 10.7. The highest BCUT2D eigenvalue weighted by atomic mass is 16.4. The van der Waals surface area contributed by atoms with Crippen molar-refractivity contribution in [3.05, 3.63) is 29.8 Å². The lowest BCUT2D eigenvalue weighted by Gasteiger charge is -2.15. The van der Waals surface area contributed by atoms with Gasteiger partial charge in [0.25, 0.3) is 0 Å². The van der Waals surface area contributed by atoms with Crippen LogP contribution in [0.2, 0.25) is 0 Å². The zero-order valence-electron chi connectivity index (χ0n) is 10.7. The standard InChI is InChI=1S/C14H18N2O3/c17-13(12-4-2-1-3-9-15-12)16-11-7-5-10(6-8-11)14(18)19/h5-8,12,15H,1-4,9H2,(H,16,17)(H,18,19). The molecule has 1 aliphatic heterocycles. The van der Waals surface area contributed by atoms with E-state index in [0.29, 0.717) is 5.69 Å². The summed E-state index contributed by atoms with van der Waals surface area (Å²) in [5.74, 6) is -1.02. The Morgan fingerprint density at radius 3 is 2.58 bits per heavy atom. The molecule has 1 amide bonds. The predicted molar refractivity (Wildman–Crippen MR) is 72.3 cm³/mol. The van der Waals surface area contributed by atoms with Crippen LogP contribution in [-0.2, 0) is 4.79 Å². The lowest BCUT2D eigenvalue weighted by molar-refractivity contribution is -0.118. The number of hydrogen-bond acceptors (Lipinski definition) is 3. The van der Waals surface area contributed by atoms with Crippen molar-refractivity contribution in [3.63, 3.8) is 0 Å². The van der Waals surface area contributed by atoms with Crippen LogP contribution >= 0.6 is 0 Å². The van der Waals surface area contributed by atoms with Crippen LogP contribution in [0.1, 0.15) is 36.0 Å². The van der Waals surface area contributed by atoms with E-state index in [2.05, 4.69) is 10.6 Å². The Hall–Kier alpha value is -1.88. The van der Waals surface area contributed by atoms with Crippen molar-refractivity contribution in [1.82, 2.24) is 5.32 Å². The van der Waals surface area contributed by atoms with E-state index in [4.69, 9.17) is 5.11 Å². The summed E-state index contributed by atoms with van der Waals surface area (Å²) < 4.78 is 0. The first-order valence-corrected chi connectivity index (χ1v) is 6.54. The van der Waals surface area contributed by atoms with Crippen molar-refractivity contribution in [2.45, 2.75) is 31.7 Å². The number of benzene rings is 1. The number of rotatable bonds is 3. The van der Waals surface area contributed by atoms with E-state index in [1.807, 2.05) is 0 Å². The Morgan fingerprint density at radius 1 is 1.16 bits per heavy atom. The van der Waals surface area contributed by atoms with Crippen molar-refractivity contribution in [2.24, 2.45) is 0 Å². The minimum Gasteiger partial charge on any atom is -0.478 e. The van der Waals surface area contributed by atoms with Crippen LogP contribution in [0.3, 0.4) is 0 Å². The summed E-state index contributed by atoms with van der Waals surface area (Å²) >= 11 is 0. The van der Waals surface area contributed by atoms with Gasteiger partial charge in [0.05, 0.1) is 11.6 Å². The molecule has 0 saturated carbocycles. The summed E-state index contributed by atoms with van der Waals surface area (Å²) in [4.78, 5) is 22.8. The molecular weight excluding hydrogens is 244 g/mol. The minimum atomic E-state index is -0.969. The van der Waals surface area contributed by atoms with Crippen molar-refractivity contribution in [2.75, 3.05) is 11.9 Å². The Bertz CT molecular complexity index is 448. The van der Waals surface area contributed by atoms with Gasteiger partial charge in [-0.1, -0.05) is 12.8 Å². The molecule has 5 heteroatoms. The van der Waals surface area contributed by atoms with Gasteiger partial charge < -0.3 is 15.7 Å². The van der Waals surface area contributed by atoms with Gasteiger partial charge in [0.2, 0.25) is 5.91 Å². The third-order valence-corrected chi connectivity index (χ3v) is 3.28. The second-order valence-corrected chi connectivity index (χ2v) is 4.73. The molecule has 1 aromatic rings. The molecule has 2 rings (SSSR count). The number of carboxylic acid groups (broad SMARTS) is 1. The molecule has 0 bridgehead atoms. The van der Waals surface area contributed by atoms with Crippen LogP contribution in [0, 0.1) is 0 Å². The SMILES string of the molecule is O=C(O)c1ccc(NC(=O)C2CCCCCN2)cc1. The molecule has 1 unspecified atom stereocenters. The highest BCUT2D eigenvalue weighted by molar-refractivity contribution is 5.95. The molecule has 102 valence electrons. The molecule has 1 aromatic carbocycles. The normalized spacial score (nSPS) is 19.5. The first-order chi connectivity index (χ1) is 9.16. The Kier molecular flexibility index (Phi) is 4.52. The molecule has 1 saturated heterocycles. The number of anilines is 1. The summed E-state index contributed by atoms with van der Waals surface area (Å²) in [6, 6.07) is 6.04. The molecule has 1 aliphatic rings. The van der Waals surface area contributed by atoms with E-state index in [-0.39, 0.29) is 17.5 Å². The maximum Gasteiger partial charge on any atom is 0.335 e. The van der Waals surface area contributed by atoms with Crippen LogP contribution in [0.25, 0.3) is 0 Å². The van der Waals surface area contributed by atoms with Gasteiger partial charge in [-0.2, -0.15) is 0 Å². The topological polar surface area (TPSA) is 78.4 Å². The van der Waals surface area contributed by atoms with Gasteiger partial charge in [0.15, 0.2) is 0 Å². The van der Waals surface area contributed by atoms with Gasteiger partial charge in [-0.15, -0.1) is 0 Å². The minimum absolute atomic E-state index is 0.0509. The fraction of sp³-hybridized carbons (Fsp3) is 0.429. The van der Waals surface area contributed by atoms with E-state index in [1.165, 1.54) is 12.1 Å². The molecule has 1 fully saturated rings. The van der Waals surface area contributed by atoms with Crippen molar-refractivity contribution in [3.8, 4) is 0 Å². The molecule has 5 nitrogen and oxygen atoms in total. The molecule has 0 radical (unpaired) electrons. The molecule has 1 atom stereocenters. The quantitative estimate of drug-likeness (QED) is 0.777. The zero-order chi connectivity index (χ0) is 13.7. The van der Waals surface area contributed by atoms with E-state index >= 15 is 0 Å². The van der Waals surface area contributed by atoms with Crippen molar-refractivity contribution < 1.29 is 14.7 Å². The lowest BCUT2D eigenvalue weighted by atomic mass is 10.1. The maximum absolute atomic E-state index is 12.0. The van der Waals surface area contributed by atoms with Crippen molar-refractivity contribution >= 4 is 17.6 Å². The van der Waals surface area contributed by atoms with E-state index in [9.17, 15) is 9.59 Å². The monoisotopic (exact) mass is 262 g/mol. The number of carbonyl (C=O) groups is 2. The third kappa shape index (κ3) is 3.79. The van der Waals surface area contributed by atoms with Crippen molar-refractivity contribution in [1.29, 1.82) is 0 Å². The number of aromatic carboxylic acids is 1. The number of amides is 1. The average molecular weight is 262 g/mol. The van der Waals surface area contributed by atoms with Crippen LogP contribution in [0.5, 0.6) is 0 Å². The van der Waals surface area contributed by atoms with Gasteiger partial charge in [0, 0.05) is 5.69 Å². The highest BCUT2D eigenvalue weighted by Gasteiger charge is 2.19. The molecule has 0 spiro atoms. The molecular formula is C14H18N2O3. The first-order valence-electron chi connectivity index (χ1n) is 6.54. The van der Waals surface area contributed by atoms with Crippen LogP contribution in [0.15, 0.2) is 24.3 Å². The Morgan fingerprint density at radius 2 is 1.89 bits per heavy atom. The number of carboxylic acids is 1. The largest absolute Gasteiger partial charge is 0.478 e. The number of carbonyl (C=O) groups excluding carboxylic acids is 1. The highest BCUT2D eigenvalue weighted by Crippen LogP contribution is 2.13. The van der Waals surface area contributed by atoms with Gasteiger partial charge in [-0.05, 0) is 43.7 Å². The maximum atomic E-state index is 12.0.